The second-order valence-electron chi connectivity index (χ2n) is 6.15. The normalized spacial score (nSPS) is 12.1. The molecule has 0 aliphatic heterocycles. The molecule has 0 saturated carbocycles. The van der Waals surface area contributed by atoms with E-state index in [0.29, 0.717) is 5.78 Å². The van der Waals surface area contributed by atoms with E-state index in [2.05, 4.69) is 15.1 Å². The molecular weight excluding hydrogens is 334 g/mol. The molecule has 26 heavy (non-hydrogen) atoms. The summed E-state index contributed by atoms with van der Waals surface area (Å²) >= 11 is 0. The third-order valence-electron chi connectivity index (χ3n) is 4.15. The van der Waals surface area contributed by atoms with Crippen molar-refractivity contribution in [2.24, 2.45) is 0 Å². The molecule has 1 amide bonds. The van der Waals surface area contributed by atoms with E-state index in [1.165, 1.54) is 11.6 Å². The van der Waals surface area contributed by atoms with E-state index >= 15 is 0 Å². The zero-order chi connectivity index (χ0) is 18.8. The van der Waals surface area contributed by atoms with E-state index in [0.717, 1.165) is 21.9 Å². The Kier molecular flexibility index (Phi) is 4.66. The topological polar surface area (TPSA) is 101 Å². The van der Waals surface area contributed by atoms with E-state index in [1.807, 2.05) is 50.2 Å². The summed E-state index contributed by atoms with van der Waals surface area (Å²) in [5.41, 5.74) is 2.39. The van der Waals surface area contributed by atoms with Gasteiger partial charge in [-0.15, -0.1) is 5.10 Å². The highest BCUT2D eigenvalue weighted by molar-refractivity contribution is 5.93. The second-order valence-corrected chi connectivity index (χ2v) is 6.15. The lowest BCUT2D eigenvalue weighted by Crippen LogP contribution is -2.44. The predicted molar refractivity (Wildman–Crippen MR) is 93.9 cm³/mol. The van der Waals surface area contributed by atoms with Crippen LogP contribution >= 0.6 is 0 Å². The first-order valence-electron chi connectivity index (χ1n) is 8.11. The summed E-state index contributed by atoms with van der Waals surface area (Å²) in [6.45, 7) is 3.67. The smallest absolute Gasteiger partial charge is 0.326 e. The molecule has 1 unspecified atom stereocenters. The number of amides is 1. The number of aliphatic carboxylic acids is 1. The van der Waals surface area contributed by atoms with E-state index in [-0.39, 0.29) is 12.2 Å². The minimum Gasteiger partial charge on any atom is -0.480 e. The van der Waals surface area contributed by atoms with E-state index in [1.54, 1.807) is 0 Å². The summed E-state index contributed by atoms with van der Waals surface area (Å²) in [7, 11) is 1.45. The van der Waals surface area contributed by atoms with Crippen LogP contribution in [0.15, 0.2) is 36.4 Å². The SMILES string of the molecule is Cc1cc(C)n2nc(C(=O)N(C)C(Cc3ccccc3)C(=O)O)nc2n1. The number of benzene rings is 1. The van der Waals surface area contributed by atoms with Gasteiger partial charge in [-0.3, -0.25) is 4.79 Å². The quantitative estimate of drug-likeness (QED) is 0.746. The van der Waals surface area contributed by atoms with Gasteiger partial charge in [-0.05, 0) is 25.5 Å². The minimum atomic E-state index is -1.08. The molecule has 8 heteroatoms. The number of aromatic nitrogens is 4. The maximum Gasteiger partial charge on any atom is 0.326 e. The number of carbonyl (C=O) groups is 2. The summed E-state index contributed by atoms with van der Waals surface area (Å²) in [6.07, 6.45) is 0.197. The number of likely N-dealkylation sites (N-methyl/N-ethyl adjacent to an activating group) is 1. The van der Waals surface area contributed by atoms with Gasteiger partial charge in [0.15, 0.2) is 0 Å². The van der Waals surface area contributed by atoms with Gasteiger partial charge in [0.2, 0.25) is 5.82 Å². The zero-order valence-corrected chi connectivity index (χ0v) is 14.7. The molecule has 3 aromatic rings. The lowest BCUT2D eigenvalue weighted by molar-refractivity contribution is -0.141. The zero-order valence-electron chi connectivity index (χ0n) is 14.7. The molecule has 0 saturated heterocycles. The van der Waals surface area contributed by atoms with Crippen molar-refractivity contribution in [1.82, 2.24) is 24.5 Å². The number of fused-ring (bicyclic) bond motifs is 1. The van der Waals surface area contributed by atoms with Crippen LogP contribution in [0.3, 0.4) is 0 Å². The van der Waals surface area contributed by atoms with Crippen LogP contribution < -0.4 is 0 Å². The molecule has 0 aliphatic rings. The van der Waals surface area contributed by atoms with Crippen molar-refractivity contribution in [1.29, 1.82) is 0 Å². The van der Waals surface area contributed by atoms with Crippen LogP contribution in [0, 0.1) is 13.8 Å². The van der Waals surface area contributed by atoms with Gasteiger partial charge in [-0.25, -0.2) is 14.3 Å². The summed E-state index contributed by atoms with van der Waals surface area (Å²) in [5, 5.41) is 13.8. The van der Waals surface area contributed by atoms with Gasteiger partial charge >= 0.3 is 5.97 Å². The Morgan fingerprint density at radius 3 is 2.54 bits per heavy atom. The van der Waals surface area contributed by atoms with Gasteiger partial charge in [0.25, 0.3) is 11.7 Å². The Hall–Kier alpha value is -3.29. The van der Waals surface area contributed by atoms with Crippen LogP contribution in [0.1, 0.15) is 27.6 Å². The van der Waals surface area contributed by atoms with Gasteiger partial charge < -0.3 is 10.0 Å². The Morgan fingerprint density at radius 1 is 1.19 bits per heavy atom. The molecule has 8 nitrogen and oxygen atoms in total. The van der Waals surface area contributed by atoms with Crippen molar-refractivity contribution in [3.8, 4) is 0 Å². The molecule has 1 atom stereocenters. The molecule has 134 valence electrons. The molecule has 0 bridgehead atoms. The van der Waals surface area contributed by atoms with Gasteiger partial charge in [-0.1, -0.05) is 30.3 Å². The number of carbonyl (C=O) groups excluding carboxylic acids is 1. The van der Waals surface area contributed by atoms with Crippen molar-refractivity contribution < 1.29 is 14.7 Å². The molecule has 0 aliphatic carbocycles. The maximum absolute atomic E-state index is 12.7. The molecule has 3 rings (SSSR count). The highest BCUT2D eigenvalue weighted by Crippen LogP contribution is 2.12. The Labute approximate surface area is 150 Å². The van der Waals surface area contributed by atoms with E-state index in [9.17, 15) is 14.7 Å². The summed E-state index contributed by atoms with van der Waals surface area (Å²) in [4.78, 5) is 34.0. The fraction of sp³-hybridized carbons (Fsp3) is 0.278. The highest BCUT2D eigenvalue weighted by Gasteiger charge is 2.30. The van der Waals surface area contributed by atoms with Crippen LogP contribution in [-0.2, 0) is 11.2 Å². The van der Waals surface area contributed by atoms with Crippen molar-refractivity contribution >= 4 is 17.7 Å². The first-order valence-corrected chi connectivity index (χ1v) is 8.11. The van der Waals surface area contributed by atoms with E-state index < -0.39 is 17.9 Å². The molecule has 2 aromatic heterocycles. The van der Waals surface area contributed by atoms with Crippen LogP contribution in [0.2, 0.25) is 0 Å². The van der Waals surface area contributed by atoms with Crippen molar-refractivity contribution in [2.75, 3.05) is 7.05 Å². The lowest BCUT2D eigenvalue weighted by atomic mass is 10.0. The number of carboxylic acids is 1. The molecule has 0 spiro atoms. The van der Waals surface area contributed by atoms with Crippen LogP contribution in [-0.4, -0.2) is 54.6 Å². The number of hydrogen-bond donors (Lipinski definition) is 1. The monoisotopic (exact) mass is 353 g/mol. The maximum atomic E-state index is 12.7. The van der Waals surface area contributed by atoms with Gasteiger partial charge in [-0.2, -0.15) is 4.98 Å². The molecule has 1 aromatic carbocycles. The first-order chi connectivity index (χ1) is 12.4. The van der Waals surface area contributed by atoms with Crippen molar-refractivity contribution in [3.05, 3.63) is 59.2 Å². The van der Waals surface area contributed by atoms with Gasteiger partial charge in [0.05, 0.1) is 0 Å². The summed E-state index contributed by atoms with van der Waals surface area (Å²) in [5.74, 6) is -1.41. The van der Waals surface area contributed by atoms with E-state index in [4.69, 9.17) is 0 Å². The van der Waals surface area contributed by atoms with Crippen LogP contribution in [0.4, 0.5) is 0 Å². The van der Waals surface area contributed by atoms with Gasteiger partial charge in [0, 0.05) is 24.9 Å². The fourth-order valence-electron chi connectivity index (χ4n) is 2.78. The largest absolute Gasteiger partial charge is 0.480 e. The molecule has 1 N–H and O–H groups in total. The standard InChI is InChI=1S/C18H19N5O3/c1-11-9-12(2)23-18(19-11)20-15(21-23)16(24)22(3)14(17(25)26)10-13-7-5-4-6-8-13/h4-9,14H,10H2,1-3H3,(H,25,26). The molecule has 0 fully saturated rings. The molecule has 0 radical (unpaired) electrons. The fourth-order valence-corrected chi connectivity index (χ4v) is 2.78. The average Bonchev–Trinajstić information content (AvgIpc) is 3.03. The Morgan fingerprint density at radius 2 is 1.88 bits per heavy atom. The van der Waals surface area contributed by atoms with Crippen molar-refractivity contribution in [2.45, 2.75) is 26.3 Å². The Bertz CT molecular complexity index is 968. The lowest BCUT2D eigenvalue weighted by Gasteiger charge is -2.23. The van der Waals surface area contributed by atoms with Crippen LogP contribution in [0.25, 0.3) is 5.78 Å². The highest BCUT2D eigenvalue weighted by atomic mass is 16.4. The summed E-state index contributed by atoms with van der Waals surface area (Å²) in [6, 6.07) is 9.97. The predicted octanol–water partition coefficient (Wildman–Crippen LogP) is 1.51. The number of aryl methyl sites for hydroxylation is 2. The molecule has 2 heterocycles. The number of carboxylic acid groups (broad SMARTS) is 1. The van der Waals surface area contributed by atoms with Crippen LogP contribution in [0.5, 0.6) is 0 Å². The Balaban J connectivity index is 1.89. The average molecular weight is 353 g/mol. The summed E-state index contributed by atoms with van der Waals surface area (Å²) < 4.78 is 1.47. The van der Waals surface area contributed by atoms with Crippen molar-refractivity contribution in [3.63, 3.8) is 0 Å². The second kappa shape index (κ2) is 6.91. The third-order valence-corrected chi connectivity index (χ3v) is 4.15. The van der Waals surface area contributed by atoms with Gasteiger partial charge in [0.1, 0.15) is 6.04 Å². The number of nitrogens with zero attached hydrogens (tertiary/aromatic N) is 5. The minimum absolute atomic E-state index is 0.0759. The molecular formula is C18H19N5O3. The number of rotatable bonds is 5. The number of hydrogen-bond acceptors (Lipinski definition) is 5. The third kappa shape index (κ3) is 3.39. The first kappa shape index (κ1) is 17.5.